The summed E-state index contributed by atoms with van der Waals surface area (Å²) in [6, 6.07) is 10.1. The fourth-order valence-corrected chi connectivity index (χ4v) is 5.21. The van der Waals surface area contributed by atoms with Crippen LogP contribution in [-0.2, 0) is 23.0 Å². The van der Waals surface area contributed by atoms with E-state index in [9.17, 15) is 18.5 Å². The average Bonchev–Trinajstić information content (AvgIpc) is 3.01. The first-order valence-electron chi connectivity index (χ1n) is 8.32. The Kier molecular flexibility index (Phi) is 4.21. The Morgan fingerprint density at radius 2 is 2.00 bits per heavy atom. The Morgan fingerprint density at radius 1 is 1.26 bits per heavy atom. The summed E-state index contributed by atoms with van der Waals surface area (Å²) in [5.74, 6) is 0. The Bertz CT molecular complexity index is 1190. The minimum atomic E-state index is -3.92. The van der Waals surface area contributed by atoms with E-state index in [0.717, 1.165) is 28.2 Å². The van der Waals surface area contributed by atoms with Crippen LogP contribution in [-0.4, -0.2) is 29.2 Å². The molecule has 27 heavy (non-hydrogen) atoms. The lowest BCUT2D eigenvalue weighted by Gasteiger charge is -2.26. The Hall–Kier alpha value is -2.42. The SMILES string of the molecule is Cc1c(Cl)cc(S(=O)(=O)N2CCc3[nH]c4ccccc4c3C2)cc1[N+](=O)[O-]. The largest absolute Gasteiger partial charge is 0.358 e. The molecule has 1 aliphatic heterocycles. The van der Waals surface area contributed by atoms with E-state index >= 15 is 0 Å². The number of nitrogens with zero attached hydrogens (tertiary/aromatic N) is 2. The molecule has 0 fully saturated rings. The summed E-state index contributed by atoms with van der Waals surface area (Å²) in [6.45, 7) is 2.00. The second kappa shape index (κ2) is 6.33. The highest BCUT2D eigenvalue weighted by Gasteiger charge is 2.32. The minimum Gasteiger partial charge on any atom is -0.358 e. The van der Waals surface area contributed by atoms with Gasteiger partial charge in [-0.3, -0.25) is 10.1 Å². The molecule has 0 aliphatic carbocycles. The zero-order valence-corrected chi connectivity index (χ0v) is 16.0. The number of hydrogen-bond acceptors (Lipinski definition) is 4. The molecule has 0 saturated carbocycles. The number of hydrogen-bond donors (Lipinski definition) is 1. The van der Waals surface area contributed by atoms with Crippen LogP contribution in [0.15, 0.2) is 41.3 Å². The number of halogens is 1. The Labute approximate surface area is 160 Å². The number of aromatic amines is 1. The molecule has 1 aliphatic rings. The molecule has 4 rings (SSSR count). The second-order valence-corrected chi connectivity index (χ2v) is 8.87. The highest BCUT2D eigenvalue weighted by Crippen LogP contribution is 2.34. The van der Waals surface area contributed by atoms with Crippen LogP contribution < -0.4 is 0 Å². The number of fused-ring (bicyclic) bond motifs is 3. The number of H-pyrrole nitrogens is 1. The van der Waals surface area contributed by atoms with E-state index in [1.807, 2.05) is 24.3 Å². The standard InChI is InChI=1S/C18H16ClN3O4S/c1-11-15(19)8-12(9-18(11)22(23)24)27(25,26)21-7-6-17-14(10-21)13-4-2-3-5-16(13)20-17/h2-5,8-9,20H,6-7,10H2,1H3. The van der Waals surface area contributed by atoms with Gasteiger partial charge in [-0.05, 0) is 24.6 Å². The van der Waals surface area contributed by atoms with Crippen molar-refractivity contribution >= 4 is 38.2 Å². The van der Waals surface area contributed by atoms with Crippen LogP contribution in [0.25, 0.3) is 10.9 Å². The van der Waals surface area contributed by atoms with Gasteiger partial charge < -0.3 is 4.98 Å². The van der Waals surface area contributed by atoms with Crippen molar-refractivity contribution in [2.75, 3.05) is 6.54 Å². The van der Waals surface area contributed by atoms with Crippen LogP contribution in [0.1, 0.15) is 16.8 Å². The lowest BCUT2D eigenvalue weighted by molar-refractivity contribution is -0.385. The first-order chi connectivity index (χ1) is 12.8. The molecular weight excluding hydrogens is 390 g/mol. The van der Waals surface area contributed by atoms with Crippen LogP contribution >= 0.6 is 11.6 Å². The highest BCUT2D eigenvalue weighted by atomic mass is 35.5. The monoisotopic (exact) mass is 405 g/mol. The summed E-state index contributed by atoms with van der Waals surface area (Å²) in [5, 5.41) is 12.3. The number of nitro benzene ring substituents is 1. The van der Waals surface area contributed by atoms with Crippen molar-refractivity contribution in [3.8, 4) is 0 Å². The number of sulfonamides is 1. The van der Waals surface area contributed by atoms with E-state index in [1.165, 1.54) is 17.3 Å². The van der Waals surface area contributed by atoms with Gasteiger partial charge in [0.2, 0.25) is 10.0 Å². The van der Waals surface area contributed by atoms with Crippen molar-refractivity contribution in [1.29, 1.82) is 0 Å². The molecule has 0 unspecified atom stereocenters. The molecule has 0 bridgehead atoms. The molecule has 0 atom stereocenters. The molecule has 0 spiro atoms. The quantitative estimate of drug-likeness (QED) is 0.529. The highest BCUT2D eigenvalue weighted by molar-refractivity contribution is 7.89. The number of nitrogens with one attached hydrogen (secondary N) is 1. The molecule has 1 aromatic heterocycles. The molecule has 0 amide bonds. The fraction of sp³-hybridized carbons (Fsp3) is 0.222. The molecule has 1 N–H and O–H groups in total. The van der Waals surface area contributed by atoms with Gasteiger partial charge in [0.1, 0.15) is 0 Å². The van der Waals surface area contributed by atoms with Gasteiger partial charge >= 0.3 is 0 Å². The first kappa shape index (κ1) is 18.0. The summed E-state index contributed by atoms with van der Waals surface area (Å²) in [6.07, 6.45) is 0.547. The molecule has 3 aromatic rings. The van der Waals surface area contributed by atoms with E-state index in [1.54, 1.807) is 0 Å². The maximum Gasteiger partial charge on any atom is 0.275 e. The van der Waals surface area contributed by atoms with Crippen LogP contribution in [0.3, 0.4) is 0 Å². The van der Waals surface area contributed by atoms with E-state index in [2.05, 4.69) is 4.98 Å². The van der Waals surface area contributed by atoms with E-state index in [0.29, 0.717) is 13.0 Å². The number of para-hydroxylation sites is 1. The normalized spacial score (nSPS) is 15.0. The predicted octanol–water partition coefficient (Wildman–Crippen LogP) is 3.78. The lowest BCUT2D eigenvalue weighted by atomic mass is 10.1. The second-order valence-electron chi connectivity index (χ2n) is 6.52. The van der Waals surface area contributed by atoms with Gasteiger partial charge in [-0.2, -0.15) is 4.31 Å². The number of nitro groups is 1. The van der Waals surface area contributed by atoms with Crippen molar-refractivity contribution < 1.29 is 13.3 Å². The van der Waals surface area contributed by atoms with Crippen molar-refractivity contribution in [2.24, 2.45) is 0 Å². The predicted molar refractivity (Wildman–Crippen MR) is 102 cm³/mol. The van der Waals surface area contributed by atoms with Crippen LogP contribution in [0.2, 0.25) is 5.02 Å². The first-order valence-corrected chi connectivity index (χ1v) is 10.1. The summed E-state index contributed by atoms with van der Waals surface area (Å²) in [4.78, 5) is 13.8. The molecule has 9 heteroatoms. The third-order valence-electron chi connectivity index (χ3n) is 4.97. The number of aromatic nitrogens is 1. The van der Waals surface area contributed by atoms with Gasteiger partial charge in [0.25, 0.3) is 5.69 Å². The fourth-order valence-electron chi connectivity index (χ4n) is 3.47. The molecule has 0 radical (unpaired) electrons. The van der Waals surface area contributed by atoms with Gasteiger partial charge in [0, 0.05) is 47.7 Å². The van der Waals surface area contributed by atoms with Gasteiger partial charge in [-0.25, -0.2) is 8.42 Å². The molecule has 140 valence electrons. The number of benzene rings is 2. The maximum atomic E-state index is 13.1. The van der Waals surface area contributed by atoms with E-state index < -0.39 is 14.9 Å². The molecule has 7 nitrogen and oxygen atoms in total. The van der Waals surface area contributed by atoms with Gasteiger partial charge in [0.05, 0.1) is 14.8 Å². The Morgan fingerprint density at radius 3 is 2.74 bits per heavy atom. The van der Waals surface area contributed by atoms with Crippen LogP contribution in [0.4, 0.5) is 5.69 Å². The summed E-state index contributed by atoms with van der Waals surface area (Å²) < 4.78 is 27.6. The van der Waals surface area contributed by atoms with Crippen molar-refractivity contribution in [3.63, 3.8) is 0 Å². The summed E-state index contributed by atoms with van der Waals surface area (Å²) in [7, 11) is -3.92. The summed E-state index contributed by atoms with van der Waals surface area (Å²) >= 11 is 6.06. The number of rotatable bonds is 3. The van der Waals surface area contributed by atoms with Crippen molar-refractivity contribution in [1.82, 2.24) is 9.29 Å². The smallest absolute Gasteiger partial charge is 0.275 e. The van der Waals surface area contributed by atoms with Gasteiger partial charge in [0.15, 0.2) is 0 Å². The molecular formula is C18H16ClN3O4S. The average molecular weight is 406 g/mol. The van der Waals surface area contributed by atoms with E-state index in [-0.39, 0.29) is 27.7 Å². The van der Waals surface area contributed by atoms with Crippen molar-refractivity contribution in [2.45, 2.75) is 24.8 Å². The lowest BCUT2D eigenvalue weighted by Crippen LogP contribution is -2.35. The third kappa shape index (κ3) is 2.90. The third-order valence-corrected chi connectivity index (χ3v) is 7.19. The zero-order valence-electron chi connectivity index (χ0n) is 14.4. The van der Waals surface area contributed by atoms with Crippen LogP contribution in [0, 0.1) is 17.0 Å². The van der Waals surface area contributed by atoms with Crippen molar-refractivity contribution in [3.05, 3.63) is 68.4 Å². The molecule has 2 aromatic carbocycles. The zero-order chi connectivity index (χ0) is 19.3. The van der Waals surface area contributed by atoms with Crippen LogP contribution in [0.5, 0.6) is 0 Å². The van der Waals surface area contributed by atoms with E-state index in [4.69, 9.17) is 11.6 Å². The van der Waals surface area contributed by atoms with Gasteiger partial charge in [-0.1, -0.05) is 29.8 Å². The summed E-state index contributed by atoms with van der Waals surface area (Å²) in [5.41, 5.74) is 2.88. The topological polar surface area (TPSA) is 96.3 Å². The molecule has 0 saturated heterocycles. The maximum absolute atomic E-state index is 13.1. The minimum absolute atomic E-state index is 0.0626. The van der Waals surface area contributed by atoms with Gasteiger partial charge in [-0.15, -0.1) is 0 Å². The Balaban J connectivity index is 1.77. The molecule has 2 heterocycles.